The molecule has 2 unspecified atom stereocenters. The van der Waals surface area contributed by atoms with Crippen molar-refractivity contribution in [1.29, 1.82) is 0 Å². The SMILES string of the molecule is CCC1C=C(c2ccncn2)N(C)C(CNc2cccc(C(=O)NCc3ccc(OCCCCCOCCCOCC(=O)Nc4cccc5c4CN(C4CCC(=O)NC4=O)C5=O)cc3)c2)=N1. The summed E-state index contributed by atoms with van der Waals surface area (Å²) in [6.45, 7) is 5.06. The highest BCUT2D eigenvalue weighted by atomic mass is 16.5. The van der Waals surface area contributed by atoms with E-state index in [1.807, 2.05) is 60.5 Å². The predicted molar refractivity (Wildman–Crippen MR) is 249 cm³/mol. The molecule has 0 saturated carbocycles. The number of aliphatic imine (C=N–C) groups is 1. The van der Waals surface area contributed by atoms with Gasteiger partial charge in [-0.2, -0.15) is 0 Å². The summed E-state index contributed by atoms with van der Waals surface area (Å²) in [5, 5.41) is 11.6. The topological polar surface area (TPSA) is 206 Å². The van der Waals surface area contributed by atoms with E-state index in [1.54, 1.807) is 36.8 Å². The van der Waals surface area contributed by atoms with E-state index in [2.05, 4.69) is 44.2 Å². The Labute approximate surface area is 384 Å². The third-order valence-corrected chi connectivity index (χ3v) is 11.5. The van der Waals surface area contributed by atoms with Gasteiger partial charge in [0, 0.05) is 80.6 Å². The Morgan fingerprint density at radius 1 is 0.894 bits per heavy atom. The average Bonchev–Trinajstić information content (AvgIpc) is 3.67. The Hall–Kier alpha value is -6.98. The largest absolute Gasteiger partial charge is 0.494 e. The van der Waals surface area contributed by atoms with Gasteiger partial charge in [-0.05, 0) is 98.7 Å². The number of benzene rings is 3. The Bertz CT molecular complexity index is 2410. The van der Waals surface area contributed by atoms with Crippen LogP contribution >= 0.6 is 0 Å². The summed E-state index contributed by atoms with van der Waals surface area (Å²) < 4.78 is 17.2. The number of fused-ring (bicyclic) bond motifs is 1. The van der Waals surface area contributed by atoms with Crippen molar-refractivity contribution < 1.29 is 38.2 Å². The van der Waals surface area contributed by atoms with E-state index in [0.29, 0.717) is 68.3 Å². The van der Waals surface area contributed by atoms with E-state index >= 15 is 0 Å². The molecule has 17 nitrogen and oxygen atoms in total. The number of hydrogen-bond donors (Lipinski definition) is 4. The Kier molecular flexibility index (Phi) is 16.6. The van der Waals surface area contributed by atoms with Gasteiger partial charge in [0.1, 0.15) is 30.6 Å². The van der Waals surface area contributed by atoms with Gasteiger partial charge in [-0.25, -0.2) is 9.97 Å². The van der Waals surface area contributed by atoms with Crippen molar-refractivity contribution in [2.24, 2.45) is 4.99 Å². The number of piperidine rings is 1. The second-order valence-electron chi connectivity index (χ2n) is 16.2. The third kappa shape index (κ3) is 12.6. The number of nitrogens with one attached hydrogen (secondary N) is 4. The molecule has 0 spiro atoms. The smallest absolute Gasteiger partial charge is 0.255 e. The molecule has 2 atom stereocenters. The van der Waals surface area contributed by atoms with Crippen LogP contribution in [0.2, 0.25) is 0 Å². The minimum absolute atomic E-state index is 0.0498. The molecule has 0 radical (unpaired) electrons. The fourth-order valence-corrected chi connectivity index (χ4v) is 7.85. The highest BCUT2D eigenvalue weighted by Gasteiger charge is 2.40. The molecule has 1 aromatic heterocycles. The first kappa shape index (κ1) is 47.0. The van der Waals surface area contributed by atoms with Gasteiger partial charge in [0.2, 0.25) is 17.7 Å². The van der Waals surface area contributed by atoms with E-state index in [9.17, 15) is 24.0 Å². The third-order valence-electron chi connectivity index (χ3n) is 11.5. The van der Waals surface area contributed by atoms with Crippen LogP contribution in [0.25, 0.3) is 5.70 Å². The van der Waals surface area contributed by atoms with Crippen molar-refractivity contribution in [3.63, 3.8) is 0 Å². The number of hydrogen-bond acceptors (Lipinski definition) is 13. The molecule has 0 aliphatic carbocycles. The van der Waals surface area contributed by atoms with Gasteiger partial charge in [0.15, 0.2) is 0 Å². The summed E-state index contributed by atoms with van der Waals surface area (Å²) in [4.78, 5) is 79.6. The number of carbonyl (C=O) groups excluding carboxylic acids is 5. The first-order valence-corrected chi connectivity index (χ1v) is 22.5. The normalized spacial score (nSPS) is 16.8. The van der Waals surface area contributed by atoms with Gasteiger partial charge in [-0.3, -0.25) is 34.3 Å². The molecule has 66 heavy (non-hydrogen) atoms. The Morgan fingerprint density at radius 2 is 1.70 bits per heavy atom. The van der Waals surface area contributed by atoms with Gasteiger partial charge < -0.3 is 40.0 Å². The number of likely N-dealkylation sites (N-methyl/N-ethyl adjacent to an activating group) is 1. The van der Waals surface area contributed by atoms with E-state index in [0.717, 1.165) is 59.9 Å². The summed E-state index contributed by atoms with van der Waals surface area (Å²) in [6, 6.07) is 21.4. The van der Waals surface area contributed by atoms with E-state index in [1.165, 1.54) is 4.90 Å². The van der Waals surface area contributed by atoms with Gasteiger partial charge >= 0.3 is 0 Å². The summed E-state index contributed by atoms with van der Waals surface area (Å²) >= 11 is 0. The lowest BCUT2D eigenvalue weighted by atomic mass is 10.0. The van der Waals surface area contributed by atoms with Crippen molar-refractivity contribution in [2.75, 3.05) is 57.3 Å². The lowest BCUT2D eigenvalue weighted by Crippen LogP contribution is -2.52. The maximum atomic E-state index is 13.1. The van der Waals surface area contributed by atoms with Gasteiger partial charge in [-0.1, -0.05) is 31.2 Å². The van der Waals surface area contributed by atoms with Crippen LogP contribution in [0.5, 0.6) is 5.75 Å². The molecule has 5 amide bonds. The molecule has 0 bridgehead atoms. The number of amidine groups is 1. The second kappa shape index (κ2) is 23.3. The van der Waals surface area contributed by atoms with E-state index in [4.69, 9.17) is 19.2 Å². The number of carbonyl (C=O) groups is 5. The van der Waals surface area contributed by atoms with Gasteiger partial charge in [0.25, 0.3) is 11.8 Å². The molecule has 1 saturated heterocycles. The van der Waals surface area contributed by atoms with Crippen LogP contribution < -0.4 is 26.0 Å². The summed E-state index contributed by atoms with van der Waals surface area (Å²) in [6.07, 6.45) is 10.1. The molecular weight excluding hydrogens is 843 g/mol. The van der Waals surface area contributed by atoms with Crippen molar-refractivity contribution in [1.82, 2.24) is 30.4 Å². The molecule has 3 aliphatic rings. The Balaban J connectivity index is 0.712. The molecule has 4 heterocycles. The van der Waals surface area contributed by atoms with Crippen LogP contribution in [0.4, 0.5) is 11.4 Å². The second-order valence-corrected chi connectivity index (χ2v) is 16.2. The van der Waals surface area contributed by atoms with Crippen molar-refractivity contribution in [3.05, 3.63) is 119 Å². The number of unbranched alkanes of at least 4 members (excludes halogenated alkanes) is 2. The maximum Gasteiger partial charge on any atom is 0.255 e. The van der Waals surface area contributed by atoms with Crippen molar-refractivity contribution >= 4 is 52.4 Å². The fourth-order valence-electron chi connectivity index (χ4n) is 7.85. The summed E-state index contributed by atoms with van der Waals surface area (Å²) in [7, 11) is 1.98. The molecule has 1 fully saturated rings. The monoisotopic (exact) mass is 899 g/mol. The van der Waals surface area contributed by atoms with Crippen LogP contribution in [-0.4, -0.2) is 114 Å². The molecular formula is C49H57N9O8. The zero-order valence-electron chi connectivity index (χ0n) is 37.4. The molecule has 346 valence electrons. The van der Waals surface area contributed by atoms with Crippen LogP contribution in [0.3, 0.4) is 0 Å². The standard InChI is InChI=1S/C49H57N9O8/c1-3-35-27-43(41-20-21-50-32-53-41)57(2)44(54-35)29-51-36-11-7-10-34(26-36)47(61)52-28-33-14-16-37(17-15-33)66-25-6-4-5-22-64-23-9-24-65-31-46(60)55-40-13-8-12-38-39(40)30-58(49(38)63)42-18-19-45(59)56-48(42)62/h7-8,10-17,20-21,26-27,32,35,42,51H,3-6,9,18-19,22-25,28-31H2,1-2H3,(H,52,61)(H,55,60)(H,56,59,62). The molecule has 3 aliphatic heterocycles. The van der Waals surface area contributed by atoms with E-state index in [-0.39, 0.29) is 55.7 Å². The first-order chi connectivity index (χ1) is 32.2. The maximum absolute atomic E-state index is 13.1. The molecule has 4 aromatic rings. The molecule has 3 aromatic carbocycles. The number of aromatic nitrogens is 2. The fraction of sp³-hybridized carbons (Fsp3) is 0.388. The van der Waals surface area contributed by atoms with Gasteiger partial charge in [-0.15, -0.1) is 0 Å². The lowest BCUT2D eigenvalue weighted by molar-refractivity contribution is -0.137. The number of rotatable bonds is 23. The number of ether oxygens (including phenoxy) is 3. The average molecular weight is 900 g/mol. The minimum atomic E-state index is -0.727. The lowest BCUT2D eigenvalue weighted by Gasteiger charge is -2.30. The van der Waals surface area contributed by atoms with Crippen LogP contribution in [0.15, 0.2) is 96.4 Å². The quantitative estimate of drug-likeness (QED) is 0.0549. The predicted octanol–water partition coefficient (Wildman–Crippen LogP) is 5.35. The van der Waals surface area contributed by atoms with Crippen LogP contribution in [0.1, 0.15) is 89.4 Å². The zero-order chi connectivity index (χ0) is 46.3. The highest BCUT2D eigenvalue weighted by Crippen LogP contribution is 2.32. The minimum Gasteiger partial charge on any atom is -0.494 e. The Morgan fingerprint density at radius 3 is 2.50 bits per heavy atom. The number of nitrogens with zero attached hydrogens (tertiary/aromatic N) is 5. The highest BCUT2D eigenvalue weighted by molar-refractivity contribution is 6.07. The van der Waals surface area contributed by atoms with Gasteiger partial charge in [0.05, 0.1) is 30.6 Å². The van der Waals surface area contributed by atoms with Crippen molar-refractivity contribution in [2.45, 2.75) is 77.0 Å². The number of anilines is 2. The number of amides is 5. The van der Waals surface area contributed by atoms with E-state index < -0.39 is 11.9 Å². The molecule has 17 heteroatoms. The van der Waals surface area contributed by atoms with Crippen LogP contribution in [-0.2, 0) is 36.9 Å². The number of imide groups is 1. The first-order valence-electron chi connectivity index (χ1n) is 22.5. The molecule has 7 rings (SSSR count). The van der Waals surface area contributed by atoms with Crippen LogP contribution in [0, 0.1) is 0 Å². The molecule has 4 N–H and O–H groups in total. The summed E-state index contributed by atoms with van der Waals surface area (Å²) in [5.74, 6) is 0.00636. The van der Waals surface area contributed by atoms with Crippen molar-refractivity contribution in [3.8, 4) is 5.75 Å². The summed E-state index contributed by atoms with van der Waals surface area (Å²) in [5.41, 5.74) is 5.73. The zero-order valence-corrected chi connectivity index (χ0v) is 37.4.